The molecule has 10 heteroatoms. The molecule has 3 rings (SSSR count). The monoisotopic (exact) mass is 589 g/mol. The number of anilines is 1. The fraction of sp³-hybridized carbons (Fsp3) is 0.310. The average molecular weight is 591 g/mol. The number of nitrogens with one attached hydrogen (secondary N) is 1. The normalized spacial score (nSPS) is 12.0. The van der Waals surface area contributed by atoms with E-state index in [0.717, 1.165) is 28.3 Å². The Labute approximate surface area is 240 Å². The highest BCUT2D eigenvalue weighted by Crippen LogP contribution is 2.30. The minimum Gasteiger partial charge on any atom is -0.354 e. The Morgan fingerprint density at radius 1 is 0.949 bits per heavy atom. The Morgan fingerprint density at radius 3 is 2.15 bits per heavy atom. The van der Waals surface area contributed by atoms with Crippen LogP contribution in [0.4, 0.5) is 5.69 Å². The predicted molar refractivity (Wildman–Crippen MR) is 157 cm³/mol. The third kappa shape index (κ3) is 8.21. The molecule has 3 aromatic rings. The van der Waals surface area contributed by atoms with Gasteiger partial charge in [0.15, 0.2) is 0 Å². The lowest BCUT2D eigenvalue weighted by molar-refractivity contribution is -0.139. The Kier molecular flexibility index (Phi) is 10.8. The lowest BCUT2D eigenvalue weighted by atomic mass is 10.1. The first-order chi connectivity index (χ1) is 18.5. The van der Waals surface area contributed by atoms with Crippen LogP contribution in [0.1, 0.15) is 37.8 Å². The summed E-state index contributed by atoms with van der Waals surface area (Å²) in [5, 5.41) is 3.31. The van der Waals surface area contributed by atoms with Crippen molar-refractivity contribution in [3.05, 3.63) is 94.0 Å². The van der Waals surface area contributed by atoms with Crippen molar-refractivity contribution in [1.29, 1.82) is 0 Å². The van der Waals surface area contributed by atoms with E-state index >= 15 is 0 Å². The van der Waals surface area contributed by atoms with E-state index < -0.39 is 28.5 Å². The number of carbonyl (C=O) groups is 2. The second kappa shape index (κ2) is 13.8. The first kappa shape index (κ1) is 30.5. The van der Waals surface area contributed by atoms with Gasteiger partial charge in [-0.15, -0.1) is 0 Å². The van der Waals surface area contributed by atoms with Gasteiger partial charge in [-0.25, -0.2) is 8.42 Å². The molecular formula is C29H33Cl2N3O4S. The summed E-state index contributed by atoms with van der Waals surface area (Å²) in [5.41, 5.74) is 1.83. The highest BCUT2D eigenvalue weighted by Gasteiger charge is 2.32. The number of sulfonamides is 1. The molecule has 0 aliphatic heterocycles. The van der Waals surface area contributed by atoms with Crippen molar-refractivity contribution in [2.24, 2.45) is 0 Å². The molecule has 208 valence electrons. The zero-order valence-corrected chi connectivity index (χ0v) is 24.6. The molecular weight excluding hydrogens is 557 g/mol. The average Bonchev–Trinajstić information content (AvgIpc) is 2.90. The molecule has 0 spiro atoms. The van der Waals surface area contributed by atoms with E-state index in [1.165, 1.54) is 35.2 Å². The van der Waals surface area contributed by atoms with Crippen LogP contribution >= 0.6 is 23.2 Å². The van der Waals surface area contributed by atoms with Crippen molar-refractivity contribution in [3.63, 3.8) is 0 Å². The highest BCUT2D eigenvalue weighted by atomic mass is 35.5. The minimum atomic E-state index is -4.20. The van der Waals surface area contributed by atoms with E-state index in [1.54, 1.807) is 19.1 Å². The van der Waals surface area contributed by atoms with Crippen LogP contribution in [0.15, 0.2) is 77.7 Å². The van der Waals surface area contributed by atoms with Crippen LogP contribution < -0.4 is 9.62 Å². The molecule has 0 saturated carbocycles. The molecule has 2 amide bonds. The molecule has 7 nitrogen and oxygen atoms in total. The number of carbonyl (C=O) groups excluding carboxylic acids is 2. The smallest absolute Gasteiger partial charge is 0.264 e. The topological polar surface area (TPSA) is 86.8 Å². The zero-order valence-electron chi connectivity index (χ0n) is 22.2. The van der Waals surface area contributed by atoms with E-state index in [-0.39, 0.29) is 33.1 Å². The van der Waals surface area contributed by atoms with E-state index in [1.807, 2.05) is 44.2 Å². The number of nitrogens with zero attached hydrogens (tertiary/aromatic N) is 2. The van der Waals surface area contributed by atoms with Crippen LogP contribution in [0.3, 0.4) is 0 Å². The molecule has 0 aliphatic rings. The SMILES string of the molecule is CCCCNC(=O)[C@H](C)N(Cc1ccccc1)C(=O)CN(c1cc(Cl)cc(Cl)c1)S(=O)(=O)c1ccc(C)cc1. The van der Waals surface area contributed by atoms with Gasteiger partial charge in [0, 0.05) is 23.1 Å². The standard InChI is InChI=1S/C29H33Cl2N3O4S/c1-4-5-15-32-29(36)22(3)33(19-23-9-7-6-8-10-23)28(35)20-34(26-17-24(30)16-25(31)18-26)39(37,38)27-13-11-21(2)12-14-27/h6-14,16-18,22H,4-5,15,19-20H2,1-3H3,(H,32,36)/t22-/m0/s1. The molecule has 0 aliphatic carbocycles. The first-order valence-electron chi connectivity index (χ1n) is 12.7. The van der Waals surface area contributed by atoms with Gasteiger partial charge in [0.05, 0.1) is 10.6 Å². The Bertz CT molecular complexity index is 1360. The van der Waals surface area contributed by atoms with Gasteiger partial charge in [0.1, 0.15) is 12.6 Å². The van der Waals surface area contributed by atoms with Gasteiger partial charge in [0.25, 0.3) is 10.0 Å². The Hall–Kier alpha value is -3.07. The van der Waals surface area contributed by atoms with Gasteiger partial charge in [-0.3, -0.25) is 13.9 Å². The van der Waals surface area contributed by atoms with E-state index in [9.17, 15) is 18.0 Å². The molecule has 0 radical (unpaired) electrons. The van der Waals surface area contributed by atoms with E-state index in [4.69, 9.17) is 23.2 Å². The maximum absolute atomic E-state index is 13.9. The summed E-state index contributed by atoms with van der Waals surface area (Å²) in [6.45, 7) is 5.55. The summed E-state index contributed by atoms with van der Waals surface area (Å²) in [4.78, 5) is 28.3. The number of unbranched alkanes of at least 4 members (excludes halogenated alkanes) is 1. The van der Waals surface area contributed by atoms with Crippen LogP contribution in [0, 0.1) is 6.92 Å². The van der Waals surface area contributed by atoms with Gasteiger partial charge >= 0.3 is 0 Å². The number of hydrogen-bond acceptors (Lipinski definition) is 4. The van der Waals surface area contributed by atoms with Crippen molar-refractivity contribution >= 4 is 50.7 Å². The maximum Gasteiger partial charge on any atom is 0.264 e. The van der Waals surface area contributed by atoms with E-state index in [0.29, 0.717) is 6.54 Å². The van der Waals surface area contributed by atoms with Gasteiger partial charge in [-0.2, -0.15) is 0 Å². The number of hydrogen-bond donors (Lipinski definition) is 1. The molecule has 3 aromatic carbocycles. The largest absolute Gasteiger partial charge is 0.354 e. The Morgan fingerprint density at radius 2 is 1.56 bits per heavy atom. The molecule has 0 unspecified atom stereocenters. The third-order valence-corrected chi connectivity index (χ3v) is 8.44. The summed E-state index contributed by atoms with van der Waals surface area (Å²) in [7, 11) is -4.20. The number of halogens is 2. The van der Waals surface area contributed by atoms with E-state index in [2.05, 4.69) is 5.32 Å². The second-order valence-corrected chi connectivity index (χ2v) is 12.0. The van der Waals surface area contributed by atoms with Crippen molar-refractivity contribution in [3.8, 4) is 0 Å². The van der Waals surface area contributed by atoms with Crippen molar-refractivity contribution in [2.75, 3.05) is 17.4 Å². The second-order valence-electron chi connectivity index (χ2n) is 9.28. The zero-order chi connectivity index (χ0) is 28.6. The van der Waals surface area contributed by atoms with Gasteiger partial charge in [-0.05, 0) is 56.2 Å². The van der Waals surface area contributed by atoms with Crippen LogP contribution in [-0.2, 0) is 26.2 Å². The molecule has 1 atom stereocenters. The van der Waals surface area contributed by atoms with Crippen LogP contribution in [0.5, 0.6) is 0 Å². The number of aryl methyl sites for hydroxylation is 1. The third-order valence-electron chi connectivity index (χ3n) is 6.22. The lowest BCUT2D eigenvalue weighted by Crippen LogP contribution is -2.51. The summed E-state index contributed by atoms with van der Waals surface area (Å²) in [6.07, 6.45) is 1.72. The fourth-order valence-electron chi connectivity index (χ4n) is 3.95. The molecule has 39 heavy (non-hydrogen) atoms. The summed E-state index contributed by atoms with van der Waals surface area (Å²) in [5.74, 6) is -0.866. The molecule has 1 N–H and O–H groups in total. The quantitative estimate of drug-likeness (QED) is 0.269. The lowest BCUT2D eigenvalue weighted by Gasteiger charge is -2.32. The van der Waals surface area contributed by atoms with Gasteiger partial charge in [0.2, 0.25) is 11.8 Å². The number of benzene rings is 3. The van der Waals surface area contributed by atoms with Crippen molar-refractivity contribution in [2.45, 2.75) is 51.1 Å². The molecule has 0 heterocycles. The van der Waals surface area contributed by atoms with Crippen molar-refractivity contribution in [1.82, 2.24) is 10.2 Å². The molecule has 0 fully saturated rings. The van der Waals surface area contributed by atoms with Crippen molar-refractivity contribution < 1.29 is 18.0 Å². The Balaban J connectivity index is 2.02. The van der Waals surface area contributed by atoms with Gasteiger partial charge < -0.3 is 10.2 Å². The maximum atomic E-state index is 13.9. The number of rotatable bonds is 12. The molecule has 0 aromatic heterocycles. The minimum absolute atomic E-state index is 0.0111. The molecule has 0 saturated heterocycles. The summed E-state index contributed by atoms with van der Waals surface area (Å²) < 4.78 is 28.7. The first-order valence-corrected chi connectivity index (χ1v) is 14.9. The van der Waals surface area contributed by atoms with Gasteiger partial charge in [-0.1, -0.05) is 84.6 Å². The van der Waals surface area contributed by atoms with Crippen LogP contribution in [0.2, 0.25) is 10.0 Å². The van der Waals surface area contributed by atoms with Crippen LogP contribution in [0.25, 0.3) is 0 Å². The fourth-order valence-corrected chi connectivity index (χ4v) is 5.86. The van der Waals surface area contributed by atoms with Crippen LogP contribution in [-0.4, -0.2) is 44.3 Å². The summed E-state index contributed by atoms with van der Waals surface area (Å²) >= 11 is 12.4. The number of amides is 2. The predicted octanol–water partition coefficient (Wildman–Crippen LogP) is 5.83. The molecule has 0 bridgehead atoms. The highest BCUT2D eigenvalue weighted by molar-refractivity contribution is 7.92. The summed E-state index contributed by atoms with van der Waals surface area (Å²) in [6, 6.07) is 19.1.